The van der Waals surface area contributed by atoms with Gasteiger partial charge in [-0.05, 0) is 31.9 Å². The Morgan fingerprint density at radius 2 is 1.74 bits per heavy atom. The Hall–Kier alpha value is -4.02. The maximum absolute atomic E-state index is 13.2. The van der Waals surface area contributed by atoms with Crippen LogP contribution in [0.1, 0.15) is 36.6 Å². The molecule has 2 unspecified atom stereocenters. The number of aryl methyl sites for hydroxylation is 1. The number of nitrogens with zero attached hydrogens (tertiary/aromatic N) is 3. The summed E-state index contributed by atoms with van der Waals surface area (Å²) < 4.78 is 7.37. The molecule has 0 saturated heterocycles. The van der Waals surface area contributed by atoms with Gasteiger partial charge in [0.1, 0.15) is 12.1 Å². The molecule has 1 aromatic heterocycles. The largest absolute Gasteiger partial charge is 0.374 e. The third-order valence-corrected chi connectivity index (χ3v) is 5.82. The normalized spacial score (nSPS) is 12.9. The number of ether oxygens (including phenoxy) is 1. The lowest BCUT2D eigenvalue weighted by atomic mass is 10.0. The van der Waals surface area contributed by atoms with Crippen LogP contribution in [0.4, 0.5) is 5.82 Å². The Labute approximate surface area is 223 Å². The lowest BCUT2D eigenvalue weighted by Gasteiger charge is -2.23. The van der Waals surface area contributed by atoms with E-state index in [1.54, 1.807) is 38.7 Å². The lowest BCUT2D eigenvalue weighted by molar-refractivity contribution is -0.131. The quantitative estimate of drug-likeness (QED) is 0.355. The number of hydrogen-bond donors (Lipinski definition) is 3. The molecule has 3 rings (SSSR count). The number of rotatable bonds is 11. The number of hydrogen-bond acceptors (Lipinski definition) is 6. The van der Waals surface area contributed by atoms with E-state index < -0.39 is 29.4 Å². The molecule has 3 amide bonds. The maximum Gasteiger partial charge on any atom is 0.250 e. The Bertz CT molecular complexity index is 1230. The van der Waals surface area contributed by atoms with Gasteiger partial charge in [-0.2, -0.15) is 0 Å². The van der Waals surface area contributed by atoms with Gasteiger partial charge in [0.15, 0.2) is 5.82 Å². The highest BCUT2D eigenvalue weighted by Crippen LogP contribution is 2.22. The smallest absolute Gasteiger partial charge is 0.250 e. The molecule has 0 radical (unpaired) electrons. The molecule has 10 nitrogen and oxygen atoms in total. The number of imidazole rings is 1. The summed E-state index contributed by atoms with van der Waals surface area (Å²) in [6.07, 6.45) is 3.07. The van der Waals surface area contributed by atoms with Crippen LogP contribution in [0, 0.1) is 6.92 Å². The van der Waals surface area contributed by atoms with Crippen LogP contribution in [0.5, 0.6) is 0 Å². The topological polar surface area (TPSA) is 132 Å². The van der Waals surface area contributed by atoms with Crippen molar-refractivity contribution < 1.29 is 19.1 Å². The van der Waals surface area contributed by atoms with Gasteiger partial charge in [-0.15, -0.1) is 0 Å². The number of nitrogens with one attached hydrogen (secondary N) is 2. The van der Waals surface area contributed by atoms with Gasteiger partial charge < -0.3 is 30.6 Å². The van der Waals surface area contributed by atoms with Gasteiger partial charge in [0.05, 0.1) is 25.1 Å². The zero-order chi connectivity index (χ0) is 27.9. The summed E-state index contributed by atoms with van der Waals surface area (Å²) in [7, 11) is 3.37. The minimum Gasteiger partial charge on any atom is -0.374 e. The van der Waals surface area contributed by atoms with Crippen molar-refractivity contribution in [3.63, 3.8) is 0 Å². The van der Waals surface area contributed by atoms with Crippen molar-refractivity contribution in [1.82, 2.24) is 19.8 Å². The molecule has 0 aliphatic rings. The fourth-order valence-electron chi connectivity index (χ4n) is 3.59. The van der Waals surface area contributed by atoms with E-state index in [2.05, 4.69) is 15.6 Å². The lowest BCUT2D eigenvalue weighted by Crippen LogP contribution is -2.56. The molecular formula is C28H36N6O4. The molecule has 0 aliphatic heterocycles. The predicted octanol–water partition coefficient (Wildman–Crippen LogP) is 2.25. The van der Waals surface area contributed by atoms with E-state index >= 15 is 0 Å². The van der Waals surface area contributed by atoms with Crippen LogP contribution in [0.15, 0.2) is 67.1 Å². The van der Waals surface area contributed by atoms with Gasteiger partial charge in [0.2, 0.25) is 11.8 Å². The molecule has 0 bridgehead atoms. The fourth-order valence-corrected chi connectivity index (χ4v) is 3.59. The number of benzene rings is 2. The van der Waals surface area contributed by atoms with Gasteiger partial charge in [-0.1, -0.05) is 60.2 Å². The maximum atomic E-state index is 13.2. The third kappa shape index (κ3) is 7.74. The minimum atomic E-state index is -1.19. The van der Waals surface area contributed by atoms with Crippen LogP contribution >= 0.6 is 0 Å². The molecule has 0 fully saturated rings. The molecule has 1 heterocycles. The monoisotopic (exact) mass is 520 g/mol. The molecule has 0 saturated carbocycles. The second-order valence-corrected chi connectivity index (χ2v) is 9.99. The number of amides is 3. The van der Waals surface area contributed by atoms with Gasteiger partial charge in [0.25, 0.3) is 5.91 Å². The van der Waals surface area contributed by atoms with Crippen molar-refractivity contribution in [2.75, 3.05) is 26.0 Å². The Balaban J connectivity index is 1.77. The van der Waals surface area contributed by atoms with Crippen molar-refractivity contribution >= 4 is 23.5 Å². The van der Waals surface area contributed by atoms with Gasteiger partial charge in [-0.3, -0.25) is 14.4 Å². The van der Waals surface area contributed by atoms with E-state index in [4.69, 9.17) is 10.5 Å². The highest BCUT2D eigenvalue weighted by atomic mass is 16.5. The number of carbonyl (C=O) groups excluding carboxylic acids is 3. The van der Waals surface area contributed by atoms with Crippen LogP contribution < -0.4 is 16.4 Å². The standard InChI is InChI=1S/C28H36N6O4/c1-19-11-13-21(14-12-19)24(26(36)33(4)5)34-15-23(30-18-34)32-25(35)22(31-27(37)28(2,3)29)17-38-16-20-9-7-6-8-10-20/h6-15,18,22,24H,16-17,29H2,1-5H3,(H,31,37)(H,32,35). The first-order valence-electron chi connectivity index (χ1n) is 12.3. The van der Waals surface area contributed by atoms with Crippen LogP contribution in [0.25, 0.3) is 0 Å². The van der Waals surface area contributed by atoms with E-state index in [1.165, 1.54) is 11.2 Å². The Kier molecular flexibility index (Phi) is 9.38. The third-order valence-electron chi connectivity index (χ3n) is 5.82. The average molecular weight is 521 g/mol. The first kappa shape index (κ1) is 28.5. The summed E-state index contributed by atoms with van der Waals surface area (Å²) in [4.78, 5) is 44.5. The number of carbonyl (C=O) groups is 3. The zero-order valence-corrected chi connectivity index (χ0v) is 22.5. The second-order valence-electron chi connectivity index (χ2n) is 9.99. The molecule has 10 heteroatoms. The number of nitrogens with two attached hydrogens (primary N) is 1. The van der Waals surface area contributed by atoms with Gasteiger partial charge in [0, 0.05) is 20.3 Å². The summed E-state index contributed by atoms with van der Waals surface area (Å²) in [6.45, 7) is 5.27. The number of aromatic nitrogens is 2. The summed E-state index contributed by atoms with van der Waals surface area (Å²) in [5.74, 6) is -0.934. The number of likely N-dealkylation sites (N-methyl/N-ethyl adjacent to an activating group) is 1. The first-order valence-corrected chi connectivity index (χ1v) is 12.3. The van der Waals surface area contributed by atoms with Crippen molar-refractivity contribution in [2.45, 2.75) is 45.0 Å². The van der Waals surface area contributed by atoms with Gasteiger partial charge >= 0.3 is 0 Å². The molecule has 38 heavy (non-hydrogen) atoms. The van der Waals surface area contributed by atoms with Crippen LogP contribution in [0.2, 0.25) is 0 Å². The fraction of sp³-hybridized carbons (Fsp3) is 0.357. The zero-order valence-electron chi connectivity index (χ0n) is 22.5. The average Bonchev–Trinajstić information content (AvgIpc) is 3.32. The molecule has 0 aliphatic carbocycles. The molecule has 2 atom stereocenters. The molecule has 0 spiro atoms. The van der Waals surface area contributed by atoms with Crippen molar-refractivity contribution in [1.29, 1.82) is 0 Å². The minimum absolute atomic E-state index is 0.0750. The highest BCUT2D eigenvalue weighted by molar-refractivity contribution is 5.98. The van der Waals surface area contributed by atoms with Crippen LogP contribution in [-0.2, 0) is 25.7 Å². The van der Waals surface area contributed by atoms with Crippen LogP contribution in [0.3, 0.4) is 0 Å². The first-order chi connectivity index (χ1) is 18.0. The summed E-state index contributed by atoms with van der Waals surface area (Å²) in [5, 5.41) is 5.38. The van der Waals surface area contributed by atoms with Gasteiger partial charge in [-0.25, -0.2) is 4.98 Å². The SMILES string of the molecule is Cc1ccc(C(C(=O)N(C)C)n2cnc(NC(=O)C(COCc3ccccc3)NC(=O)C(C)(C)N)c2)cc1. The summed E-state index contributed by atoms with van der Waals surface area (Å²) in [5.41, 5.74) is 7.53. The van der Waals surface area contributed by atoms with E-state index in [0.29, 0.717) is 0 Å². The Morgan fingerprint density at radius 3 is 2.34 bits per heavy atom. The van der Waals surface area contributed by atoms with Crippen LogP contribution in [-0.4, -0.2) is 64.5 Å². The van der Waals surface area contributed by atoms with E-state index in [9.17, 15) is 14.4 Å². The number of anilines is 1. The molecule has 3 aromatic rings. The van der Waals surface area contributed by atoms with E-state index in [1.807, 2.05) is 61.5 Å². The summed E-state index contributed by atoms with van der Waals surface area (Å²) >= 11 is 0. The highest BCUT2D eigenvalue weighted by Gasteiger charge is 2.29. The molecular weight excluding hydrogens is 484 g/mol. The second kappa shape index (κ2) is 12.5. The van der Waals surface area contributed by atoms with Crippen molar-refractivity contribution in [2.24, 2.45) is 5.73 Å². The van der Waals surface area contributed by atoms with Crippen molar-refractivity contribution in [3.05, 3.63) is 83.8 Å². The van der Waals surface area contributed by atoms with Crippen molar-refractivity contribution in [3.8, 4) is 0 Å². The van der Waals surface area contributed by atoms with E-state index in [0.717, 1.165) is 16.7 Å². The summed E-state index contributed by atoms with van der Waals surface area (Å²) in [6, 6.07) is 15.5. The molecule has 2 aromatic carbocycles. The molecule has 4 N–H and O–H groups in total. The predicted molar refractivity (Wildman–Crippen MR) is 145 cm³/mol. The Morgan fingerprint density at radius 1 is 1.08 bits per heavy atom. The van der Waals surface area contributed by atoms with E-state index in [-0.39, 0.29) is 24.9 Å². The molecule has 202 valence electrons.